The number of hydrogen-bond donors (Lipinski definition) is 2. The first kappa shape index (κ1) is 29.3. The lowest BCUT2D eigenvalue weighted by atomic mass is 9.71. The van der Waals surface area contributed by atoms with Gasteiger partial charge in [0.2, 0.25) is 0 Å². The molecule has 8 heteroatoms. The fraction of sp³-hybridized carbons (Fsp3) is 0.880. The summed E-state index contributed by atoms with van der Waals surface area (Å²) in [7, 11) is 0. The second-order valence-corrected chi connectivity index (χ2v) is 12.0. The summed E-state index contributed by atoms with van der Waals surface area (Å²) in [6.45, 7) is 18.6. The molecule has 33 heavy (non-hydrogen) atoms. The number of ether oxygens (including phenoxy) is 2. The van der Waals surface area contributed by atoms with Crippen LogP contribution in [-0.2, 0) is 19.1 Å². The highest BCUT2D eigenvalue weighted by Gasteiger charge is 2.55. The first-order chi connectivity index (χ1) is 14.9. The van der Waals surface area contributed by atoms with Gasteiger partial charge in [0.05, 0.1) is 17.7 Å². The number of carboxylic acid groups (broad SMARTS) is 1. The van der Waals surface area contributed by atoms with E-state index in [0.29, 0.717) is 38.9 Å². The van der Waals surface area contributed by atoms with Gasteiger partial charge < -0.3 is 19.9 Å². The van der Waals surface area contributed by atoms with E-state index >= 15 is 0 Å². The molecule has 0 bridgehead atoms. The van der Waals surface area contributed by atoms with Crippen molar-refractivity contribution in [3.63, 3.8) is 0 Å². The molecule has 0 spiro atoms. The Hall–Kier alpha value is -1.69. The Bertz CT molecular complexity index is 712. The fourth-order valence-corrected chi connectivity index (χ4v) is 4.49. The molecule has 0 aromatic heterocycles. The summed E-state index contributed by atoms with van der Waals surface area (Å²) in [6, 6.07) is 1.82. The lowest BCUT2D eigenvalue weighted by molar-refractivity contribution is -0.177. The fourth-order valence-electron chi connectivity index (χ4n) is 4.49. The number of nitrogens with one attached hydrogen (secondary N) is 1. The highest BCUT2D eigenvalue weighted by atomic mass is 16.6. The summed E-state index contributed by atoms with van der Waals surface area (Å²) in [5, 5.41) is 22.9. The van der Waals surface area contributed by atoms with Gasteiger partial charge in [0, 0.05) is 6.54 Å². The van der Waals surface area contributed by atoms with Crippen molar-refractivity contribution in [1.29, 1.82) is 5.26 Å². The predicted octanol–water partition coefficient (Wildman–Crippen LogP) is 3.74. The molecule has 1 heterocycles. The number of carbonyl (C=O) groups is 2. The van der Waals surface area contributed by atoms with Crippen molar-refractivity contribution < 1.29 is 24.2 Å². The minimum atomic E-state index is -0.921. The van der Waals surface area contributed by atoms with Crippen LogP contribution in [0.1, 0.15) is 88.0 Å². The average Bonchev–Trinajstić information content (AvgIpc) is 3.06. The van der Waals surface area contributed by atoms with Gasteiger partial charge in [-0.15, -0.1) is 0 Å². The Morgan fingerprint density at radius 2 is 1.70 bits per heavy atom. The summed E-state index contributed by atoms with van der Waals surface area (Å²) in [5.41, 5.74) is -2.47. The monoisotopic (exact) mass is 467 g/mol. The van der Waals surface area contributed by atoms with E-state index in [9.17, 15) is 20.0 Å². The summed E-state index contributed by atoms with van der Waals surface area (Å²) in [5.74, 6) is -1.21. The zero-order valence-electron chi connectivity index (χ0n) is 22.1. The topological polar surface area (TPSA) is 112 Å². The Labute approximate surface area is 200 Å². The molecular weight excluding hydrogens is 422 g/mol. The minimum Gasteiger partial charge on any atom is -0.480 e. The molecule has 1 aliphatic heterocycles. The van der Waals surface area contributed by atoms with Crippen LogP contribution in [0.15, 0.2) is 0 Å². The van der Waals surface area contributed by atoms with Crippen molar-refractivity contribution in [2.75, 3.05) is 19.6 Å². The van der Waals surface area contributed by atoms with Crippen LogP contribution in [0, 0.1) is 16.7 Å². The largest absolute Gasteiger partial charge is 0.480 e. The van der Waals surface area contributed by atoms with E-state index in [1.807, 2.05) is 67.2 Å². The van der Waals surface area contributed by atoms with E-state index in [1.165, 1.54) is 0 Å². The highest BCUT2D eigenvalue weighted by Crippen LogP contribution is 2.44. The minimum absolute atomic E-state index is 0.370. The second kappa shape index (κ2) is 11.2. The molecule has 1 rings (SSSR count). The number of nitrogens with zero attached hydrogens (tertiary/aromatic N) is 2. The van der Waals surface area contributed by atoms with Crippen LogP contribution < -0.4 is 5.32 Å². The molecule has 0 amide bonds. The van der Waals surface area contributed by atoms with Crippen molar-refractivity contribution in [2.45, 2.75) is 117 Å². The van der Waals surface area contributed by atoms with Gasteiger partial charge in [0.15, 0.2) is 6.10 Å². The molecule has 1 saturated heterocycles. The number of likely N-dealkylation sites (tertiary alicyclic amines) is 1. The summed E-state index contributed by atoms with van der Waals surface area (Å²) in [4.78, 5) is 26.9. The standard InChI is InChI=1S/C25H45N3O5/c1-22(2,3)25(21(30)31)13-10-15-28(25)16-12-18(17-26)27-14-11-19(32-23(4,5)6)20(29)33-24(7,8)9/h18-19,27H,10-16H2,1-9H3,(H,30,31)/t18?,19?,25-/m0/s1. The maximum absolute atomic E-state index is 12.6. The SMILES string of the molecule is CC(C)(C)OC(=O)C(CCNC(C#N)CCN1CCC[C@]1(C(=O)O)C(C)(C)C)OC(C)(C)C. The van der Waals surface area contributed by atoms with E-state index in [2.05, 4.69) is 11.4 Å². The second-order valence-electron chi connectivity index (χ2n) is 12.0. The number of nitriles is 1. The Balaban J connectivity index is 2.73. The van der Waals surface area contributed by atoms with Crippen LogP contribution in [0.5, 0.6) is 0 Å². The van der Waals surface area contributed by atoms with Gasteiger partial charge in [-0.3, -0.25) is 9.69 Å². The third kappa shape index (κ3) is 8.55. The maximum Gasteiger partial charge on any atom is 0.335 e. The van der Waals surface area contributed by atoms with Gasteiger partial charge in [-0.05, 0) is 85.7 Å². The van der Waals surface area contributed by atoms with Crippen molar-refractivity contribution in [2.24, 2.45) is 5.41 Å². The maximum atomic E-state index is 12.6. The number of carboxylic acids is 1. The van der Waals surface area contributed by atoms with Crippen molar-refractivity contribution >= 4 is 11.9 Å². The lowest BCUT2D eigenvalue weighted by Gasteiger charge is -2.45. The number of carbonyl (C=O) groups excluding carboxylic acids is 1. The number of esters is 1. The van der Waals surface area contributed by atoms with Crippen molar-refractivity contribution in [3.8, 4) is 6.07 Å². The van der Waals surface area contributed by atoms with Crippen LogP contribution >= 0.6 is 0 Å². The van der Waals surface area contributed by atoms with Gasteiger partial charge in [0.1, 0.15) is 11.1 Å². The zero-order valence-corrected chi connectivity index (χ0v) is 22.1. The van der Waals surface area contributed by atoms with E-state index in [-0.39, 0.29) is 0 Å². The van der Waals surface area contributed by atoms with Crippen LogP contribution in [0.25, 0.3) is 0 Å². The Kier molecular flexibility index (Phi) is 9.92. The van der Waals surface area contributed by atoms with Crippen LogP contribution in [-0.4, -0.2) is 70.5 Å². The molecule has 0 aromatic rings. The predicted molar refractivity (Wildman–Crippen MR) is 128 cm³/mol. The van der Waals surface area contributed by atoms with Gasteiger partial charge in [0.25, 0.3) is 0 Å². The first-order valence-corrected chi connectivity index (χ1v) is 11.9. The van der Waals surface area contributed by atoms with Gasteiger partial charge in [-0.1, -0.05) is 20.8 Å². The van der Waals surface area contributed by atoms with Crippen LogP contribution in [0.4, 0.5) is 0 Å². The Morgan fingerprint density at radius 1 is 1.09 bits per heavy atom. The summed E-state index contributed by atoms with van der Waals surface area (Å²) < 4.78 is 11.4. The quantitative estimate of drug-likeness (QED) is 0.467. The molecule has 190 valence electrons. The smallest absolute Gasteiger partial charge is 0.335 e. The molecule has 0 saturated carbocycles. The third-order valence-electron chi connectivity index (χ3n) is 5.91. The number of aliphatic carboxylic acids is 1. The van der Waals surface area contributed by atoms with Gasteiger partial charge >= 0.3 is 11.9 Å². The zero-order chi connectivity index (χ0) is 25.7. The van der Waals surface area contributed by atoms with E-state index in [0.717, 1.165) is 6.42 Å². The normalized spacial score (nSPS) is 21.9. The van der Waals surface area contributed by atoms with Crippen molar-refractivity contribution in [1.82, 2.24) is 10.2 Å². The molecule has 0 aliphatic carbocycles. The molecule has 2 unspecified atom stereocenters. The van der Waals surface area contributed by atoms with Crippen LogP contribution in [0.2, 0.25) is 0 Å². The van der Waals surface area contributed by atoms with Gasteiger partial charge in [-0.25, -0.2) is 4.79 Å². The molecule has 1 fully saturated rings. The molecule has 3 atom stereocenters. The van der Waals surface area contributed by atoms with E-state index in [1.54, 1.807) is 0 Å². The molecule has 1 aliphatic rings. The average molecular weight is 468 g/mol. The van der Waals surface area contributed by atoms with E-state index < -0.39 is 46.2 Å². The number of hydrogen-bond acceptors (Lipinski definition) is 7. The highest BCUT2D eigenvalue weighted by molar-refractivity contribution is 5.80. The molecule has 8 nitrogen and oxygen atoms in total. The third-order valence-corrected chi connectivity index (χ3v) is 5.91. The molecule has 0 radical (unpaired) electrons. The molecule has 2 N–H and O–H groups in total. The van der Waals surface area contributed by atoms with Crippen LogP contribution in [0.3, 0.4) is 0 Å². The molecular formula is C25H45N3O5. The first-order valence-electron chi connectivity index (χ1n) is 11.9. The molecule has 0 aromatic carbocycles. The summed E-state index contributed by atoms with van der Waals surface area (Å²) >= 11 is 0. The van der Waals surface area contributed by atoms with E-state index in [4.69, 9.17) is 9.47 Å². The lowest BCUT2D eigenvalue weighted by Crippen LogP contribution is -2.59. The van der Waals surface area contributed by atoms with Crippen molar-refractivity contribution in [3.05, 3.63) is 0 Å². The summed E-state index contributed by atoms with van der Waals surface area (Å²) in [6.07, 6.45) is 1.57. The number of rotatable bonds is 10. The Morgan fingerprint density at radius 3 is 2.15 bits per heavy atom. The van der Waals surface area contributed by atoms with Gasteiger partial charge in [-0.2, -0.15) is 5.26 Å².